The van der Waals surface area contributed by atoms with Crippen molar-refractivity contribution in [2.75, 3.05) is 41.3 Å². The summed E-state index contributed by atoms with van der Waals surface area (Å²) in [7, 11) is 7.82. The van der Waals surface area contributed by atoms with Gasteiger partial charge in [-0.25, -0.2) is 28.0 Å². The normalized spacial score (nSPS) is 13.1. The second-order valence-electron chi connectivity index (χ2n) is 18.9. The van der Waals surface area contributed by atoms with Crippen LogP contribution in [0.25, 0.3) is 0 Å². The minimum atomic E-state index is -2.22. The van der Waals surface area contributed by atoms with Gasteiger partial charge in [0.25, 0.3) is 0 Å². The van der Waals surface area contributed by atoms with Crippen LogP contribution in [0, 0.1) is 48.1 Å². The third kappa shape index (κ3) is 17.4. The third-order valence-corrected chi connectivity index (χ3v) is 12.4. The number of halogens is 2. The number of aryl methyl sites for hydroxylation is 2. The van der Waals surface area contributed by atoms with Gasteiger partial charge in [-0.3, -0.25) is 0 Å². The number of carboxylic acid groups (broad SMARTS) is 2. The number of aliphatic carboxylic acids is 2. The summed E-state index contributed by atoms with van der Waals surface area (Å²) in [6.07, 6.45) is -2.19. The Morgan fingerprint density at radius 2 is 0.859 bits per heavy atom. The smallest absolute Gasteiger partial charge is 0.349 e. The summed E-state index contributed by atoms with van der Waals surface area (Å²) in [5.41, 5.74) is 3.10. The zero-order valence-electron chi connectivity index (χ0n) is 44.2. The van der Waals surface area contributed by atoms with E-state index in [1.165, 1.54) is 48.5 Å². The molecule has 18 heteroatoms. The van der Waals surface area contributed by atoms with Crippen LogP contribution < -0.4 is 0 Å². The Morgan fingerprint density at radius 3 is 1.13 bits per heavy atom. The van der Waals surface area contributed by atoms with Gasteiger partial charge in [-0.05, 0) is 187 Å². The number of carbonyl (C=O) groups excluding carboxylic acids is 2. The summed E-state index contributed by atoms with van der Waals surface area (Å²) in [5.74, 6) is -6.37. The van der Waals surface area contributed by atoms with Crippen molar-refractivity contribution >= 4 is 23.9 Å². The molecule has 410 valence electrons. The molecular weight excluding hydrogens is 1010 g/mol. The van der Waals surface area contributed by atoms with E-state index in [1.54, 1.807) is 98.8 Å². The third-order valence-electron chi connectivity index (χ3n) is 12.4. The summed E-state index contributed by atoms with van der Waals surface area (Å²) >= 11 is 0. The molecule has 6 aromatic carbocycles. The van der Waals surface area contributed by atoms with E-state index in [2.05, 4.69) is 0 Å². The lowest BCUT2D eigenvalue weighted by atomic mass is 9.80. The number of rotatable bonds is 21. The molecule has 0 spiro atoms. The summed E-state index contributed by atoms with van der Waals surface area (Å²) in [6, 6.07) is 37.4. The van der Waals surface area contributed by atoms with Crippen LogP contribution in [0.1, 0.15) is 102 Å². The summed E-state index contributed by atoms with van der Waals surface area (Å²) in [4.78, 5) is 51.4. The van der Waals surface area contributed by atoms with Crippen molar-refractivity contribution in [3.05, 3.63) is 212 Å². The van der Waals surface area contributed by atoms with E-state index in [0.29, 0.717) is 70.2 Å². The van der Waals surface area contributed by atoms with Crippen LogP contribution >= 0.6 is 0 Å². The Hall–Kier alpha value is -8.20. The first-order chi connectivity index (χ1) is 37.0. The fourth-order valence-electron chi connectivity index (χ4n) is 8.25. The molecule has 0 aliphatic rings. The molecule has 0 aliphatic heterocycles. The highest BCUT2D eigenvalue weighted by Gasteiger charge is 2.41. The molecule has 0 amide bonds. The van der Waals surface area contributed by atoms with Gasteiger partial charge in [0.1, 0.15) is 22.8 Å². The average Bonchev–Trinajstić information content (AvgIpc) is 3.47. The van der Waals surface area contributed by atoms with Gasteiger partial charge in [0.2, 0.25) is 12.2 Å². The number of aliphatic hydroxyl groups excluding tert-OH is 2. The van der Waals surface area contributed by atoms with Crippen molar-refractivity contribution in [2.24, 2.45) is 0 Å². The number of ether oxygens (including phenoxy) is 2. The molecule has 6 aromatic rings. The van der Waals surface area contributed by atoms with Crippen LogP contribution in [0.2, 0.25) is 0 Å². The second kappa shape index (κ2) is 29.4. The average molecular weight is 1070 g/mol. The molecule has 4 atom stereocenters. The molecule has 0 heterocycles. The highest BCUT2D eigenvalue weighted by molar-refractivity contribution is 5.95. The van der Waals surface area contributed by atoms with E-state index in [-0.39, 0.29) is 36.0 Å². The number of hydrogen-bond donors (Lipinski definition) is 6. The van der Waals surface area contributed by atoms with Gasteiger partial charge in [-0.1, -0.05) is 71.8 Å². The molecular formula is C60H64F2N4O12. The molecule has 0 radical (unpaired) electrons. The Bertz CT molecular complexity index is 2840. The first-order valence-corrected chi connectivity index (χ1v) is 24.6. The first-order valence-electron chi connectivity index (χ1n) is 24.6. The molecule has 78 heavy (non-hydrogen) atoms. The number of nitrogens with zero attached hydrogens (tertiary/aromatic N) is 4. The molecule has 0 bridgehead atoms. The SMILES string of the molecule is CN(C)CCCC(O)(c1ccc(F)cc1)c1ccc(C#N)cc1CO.CN(C)CCCC(O)(c1ccc(F)cc1)c1ccc(C#N)cc1CO.Cc1ccc(C(=O)OC(C(=O)O)C(OC(=O)c2ccc(C)cc2)C(=O)O)cc1. The minimum Gasteiger partial charge on any atom is -0.478 e. The van der Waals surface area contributed by atoms with Gasteiger partial charge < -0.3 is 49.9 Å². The fraction of sp³-hybridized carbons (Fsp3) is 0.300. The highest BCUT2D eigenvalue weighted by atomic mass is 19.1. The first kappa shape index (κ1) is 62.3. The van der Waals surface area contributed by atoms with Crippen LogP contribution in [0.3, 0.4) is 0 Å². The van der Waals surface area contributed by atoms with Crippen LogP contribution in [0.15, 0.2) is 133 Å². The molecule has 0 saturated carbocycles. The molecule has 0 saturated heterocycles. The van der Waals surface area contributed by atoms with Crippen molar-refractivity contribution in [1.82, 2.24) is 9.80 Å². The van der Waals surface area contributed by atoms with Crippen molar-refractivity contribution in [3.63, 3.8) is 0 Å². The monoisotopic (exact) mass is 1070 g/mol. The van der Waals surface area contributed by atoms with E-state index in [0.717, 1.165) is 24.2 Å². The van der Waals surface area contributed by atoms with Gasteiger partial charge in [-0.15, -0.1) is 0 Å². The standard InChI is InChI=1S/2C20H23FN2O2.C20H18O8/c2*1-23(2)11-3-10-20(25,17-5-7-18(21)8-6-17)19-9-4-15(13-22)12-16(19)14-24;1-11-3-7-13(8-4-11)19(25)27-15(17(21)22)16(18(23)24)28-20(26)14-9-5-12(2)6-10-14/h2*4-9,12,24-25H,3,10-11,14H2,1-2H3;3-10,15-16H,1-2H3,(H,21,22)(H,23,24). The minimum absolute atomic E-state index is 0.0332. The molecule has 6 N–H and O–H groups in total. The molecule has 0 aromatic heterocycles. The maximum Gasteiger partial charge on any atom is 0.349 e. The van der Waals surface area contributed by atoms with Crippen LogP contribution in [-0.2, 0) is 43.5 Å². The molecule has 0 aliphatic carbocycles. The Kier molecular flexibility index (Phi) is 23.5. The van der Waals surface area contributed by atoms with Gasteiger partial charge in [0.15, 0.2) is 0 Å². The predicted molar refractivity (Wildman–Crippen MR) is 285 cm³/mol. The Morgan fingerprint density at radius 1 is 0.538 bits per heavy atom. The fourth-order valence-corrected chi connectivity index (χ4v) is 8.25. The highest BCUT2D eigenvalue weighted by Crippen LogP contribution is 2.38. The number of carbonyl (C=O) groups is 4. The van der Waals surface area contributed by atoms with E-state index in [4.69, 9.17) is 20.0 Å². The van der Waals surface area contributed by atoms with Crippen molar-refractivity contribution in [2.45, 2.75) is 76.2 Å². The zero-order chi connectivity index (χ0) is 57.7. The largest absolute Gasteiger partial charge is 0.478 e. The van der Waals surface area contributed by atoms with Crippen LogP contribution in [0.4, 0.5) is 8.78 Å². The van der Waals surface area contributed by atoms with Crippen molar-refractivity contribution in [3.8, 4) is 12.1 Å². The van der Waals surface area contributed by atoms with E-state index >= 15 is 0 Å². The second-order valence-corrected chi connectivity index (χ2v) is 18.9. The predicted octanol–water partition coefficient (Wildman–Crippen LogP) is 7.76. The lowest BCUT2D eigenvalue weighted by molar-refractivity contribution is -0.166. The molecule has 6 rings (SSSR count). The van der Waals surface area contributed by atoms with E-state index in [9.17, 15) is 58.6 Å². The van der Waals surface area contributed by atoms with Gasteiger partial charge in [0, 0.05) is 0 Å². The number of benzene rings is 6. The number of carboxylic acids is 2. The lowest BCUT2D eigenvalue weighted by Crippen LogP contribution is -2.45. The zero-order valence-corrected chi connectivity index (χ0v) is 44.2. The van der Waals surface area contributed by atoms with E-state index in [1.807, 2.05) is 50.1 Å². The molecule has 16 nitrogen and oxygen atoms in total. The summed E-state index contributed by atoms with van der Waals surface area (Å²) in [5, 5.41) is 79.2. The molecule has 0 fully saturated rings. The number of nitriles is 2. The summed E-state index contributed by atoms with van der Waals surface area (Å²) in [6.45, 7) is 4.58. The number of hydrogen-bond acceptors (Lipinski definition) is 14. The van der Waals surface area contributed by atoms with Crippen molar-refractivity contribution < 1.29 is 68.1 Å². The topological polar surface area (TPSA) is 262 Å². The number of esters is 2. The van der Waals surface area contributed by atoms with Gasteiger partial charge in [-0.2, -0.15) is 10.5 Å². The van der Waals surface area contributed by atoms with Crippen LogP contribution in [0.5, 0.6) is 0 Å². The van der Waals surface area contributed by atoms with E-state index < -0.39 is 47.3 Å². The van der Waals surface area contributed by atoms with Crippen LogP contribution in [-0.4, -0.2) is 118 Å². The van der Waals surface area contributed by atoms with Gasteiger partial charge >= 0.3 is 23.9 Å². The lowest BCUT2D eigenvalue weighted by Gasteiger charge is -2.32. The Labute approximate surface area is 452 Å². The molecule has 4 unspecified atom stereocenters. The maximum absolute atomic E-state index is 13.3. The Balaban J connectivity index is 0.000000253. The number of aliphatic hydroxyl groups is 4. The van der Waals surface area contributed by atoms with Gasteiger partial charge in [0.05, 0.1) is 47.6 Å². The van der Waals surface area contributed by atoms with Crippen molar-refractivity contribution in [1.29, 1.82) is 10.5 Å². The maximum atomic E-state index is 13.3. The quantitative estimate of drug-likeness (QED) is 0.0376. The summed E-state index contributed by atoms with van der Waals surface area (Å²) < 4.78 is 36.3.